The number of nitrogens with one attached hydrogen (secondary N) is 1. The Labute approximate surface area is 137 Å². The zero-order valence-electron chi connectivity index (χ0n) is 13.5. The number of hydrogen-bond acceptors (Lipinski definition) is 5. The minimum Gasteiger partial charge on any atom is -0.496 e. The van der Waals surface area contributed by atoms with Crippen LogP contribution in [0, 0.1) is 18.8 Å². The van der Waals surface area contributed by atoms with Crippen LogP contribution in [0.4, 0.5) is 0 Å². The normalized spacial score (nSPS) is 15.7. The van der Waals surface area contributed by atoms with Gasteiger partial charge in [0.1, 0.15) is 5.75 Å². The zero-order chi connectivity index (χ0) is 16.7. The molecule has 1 aromatic carbocycles. The number of methoxy groups -OCH3 is 1. The number of benzene rings is 1. The summed E-state index contributed by atoms with van der Waals surface area (Å²) < 4.78 is 37.3. The molecule has 0 spiro atoms. The van der Waals surface area contributed by atoms with Gasteiger partial charge < -0.3 is 9.47 Å². The van der Waals surface area contributed by atoms with Crippen molar-refractivity contribution in [2.45, 2.75) is 11.8 Å². The molecule has 1 heterocycles. The molecule has 1 saturated heterocycles. The molecule has 0 aromatic heterocycles. The lowest BCUT2D eigenvalue weighted by Crippen LogP contribution is -2.36. The van der Waals surface area contributed by atoms with Gasteiger partial charge >= 0.3 is 0 Å². The third kappa shape index (κ3) is 5.22. The number of nitrogens with zero attached hydrogens (tertiary/aromatic N) is 1. The Balaban J connectivity index is 1.88. The molecule has 1 aliphatic rings. The van der Waals surface area contributed by atoms with Crippen LogP contribution in [0.3, 0.4) is 0 Å². The zero-order valence-corrected chi connectivity index (χ0v) is 14.3. The second-order valence-corrected chi connectivity index (χ2v) is 6.97. The van der Waals surface area contributed by atoms with Crippen LogP contribution < -0.4 is 9.46 Å². The highest BCUT2D eigenvalue weighted by Crippen LogP contribution is 2.20. The molecule has 0 atom stereocenters. The second-order valence-electron chi connectivity index (χ2n) is 5.20. The minimum absolute atomic E-state index is 0.0950. The summed E-state index contributed by atoms with van der Waals surface area (Å²) in [5, 5.41) is 0. The van der Waals surface area contributed by atoms with Crippen LogP contribution in [0.5, 0.6) is 5.75 Å². The van der Waals surface area contributed by atoms with E-state index in [4.69, 9.17) is 9.47 Å². The van der Waals surface area contributed by atoms with Crippen LogP contribution in [-0.4, -0.2) is 59.8 Å². The summed E-state index contributed by atoms with van der Waals surface area (Å²) in [6.45, 7) is 5.72. The third-order valence-electron chi connectivity index (χ3n) is 3.56. The van der Waals surface area contributed by atoms with Crippen LogP contribution in [0.25, 0.3) is 0 Å². The lowest BCUT2D eigenvalue weighted by molar-refractivity contribution is 0.0443. The molecular weight excluding hydrogens is 316 g/mol. The molecule has 1 fully saturated rings. The Kier molecular flexibility index (Phi) is 6.42. The summed E-state index contributed by atoms with van der Waals surface area (Å²) in [6, 6.07) is 4.76. The smallest absolute Gasteiger partial charge is 0.241 e. The number of morpholine rings is 1. The van der Waals surface area contributed by atoms with Gasteiger partial charge in [0, 0.05) is 13.1 Å². The largest absolute Gasteiger partial charge is 0.496 e. The Bertz CT molecular complexity index is 686. The van der Waals surface area contributed by atoms with Crippen LogP contribution >= 0.6 is 0 Å². The fraction of sp³-hybridized carbons (Fsp3) is 0.500. The van der Waals surface area contributed by atoms with Gasteiger partial charge in [0.2, 0.25) is 10.0 Å². The topological polar surface area (TPSA) is 67.9 Å². The molecule has 0 saturated carbocycles. The quantitative estimate of drug-likeness (QED) is 0.797. The van der Waals surface area contributed by atoms with E-state index in [0.29, 0.717) is 12.3 Å². The second kappa shape index (κ2) is 8.31. The first-order valence-electron chi connectivity index (χ1n) is 7.43. The number of rotatable bonds is 5. The molecule has 7 heteroatoms. The van der Waals surface area contributed by atoms with Gasteiger partial charge in [0.05, 0.1) is 38.3 Å². The predicted molar refractivity (Wildman–Crippen MR) is 88.0 cm³/mol. The Morgan fingerprint density at radius 1 is 1.30 bits per heavy atom. The molecule has 0 aliphatic carbocycles. The molecule has 0 radical (unpaired) electrons. The average molecular weight is 338 g/mol. The minimum atomic E-state index is -3.55. The van der Waals surface area contributed by atoms with Gasteiger partial charge in [-0.25, -0.2) is 8.42 Å². The summed E-state index contributed by atoms with van der Waals surface area (Å²) >= 11 is 0. The van der Waals surface area contributed by atoms with Crippen LogP contribution in [0.1, 0.15) is 5.56 Å². The van der Waals surface area contributed by atoms with Crippen molar-refractivity contribution in [1.29, 1.82) is 0 Å². The van der Waals surface area contributed by atoms with E-state index in [2.05, 4.69) is 21.5 Å². The van der Waals surface area contributed by atoms with Crippen molar-refractivity contribution in [3.05, 3.63) is 23.8 Å². The first-order valence-corrected chi connectivity index (χ1v) is 8.91. The number of hydrogen-bond donors (Lipinski definition) is 1. The molecule has 2 rings (SSSR count). The number of sulfonamides is 1. The van der Waals surface area contributed by atoms with Crippen molar-refractivity contribution < 1.29 is 17.9 Å². The van der Waals surface area contributed by atoms with E-state index in [9.17, 15) is 8.42 Å². The van der Waals surface area contributed by atoms with Crippen LogP contribution in [0.15, 0.2) is 23.1 Å². The van der Waals surface area contributed by atoms with Gasteiger partial charge in [-0.1, -0.05) is 11.8 Å². The van der Waals surface area contributed by atoms with Crippen molar-refractivity contribution >= 4 is 10.0 Å². The van der Waals surface area contributed by atoms with Crippen molar-refractivity contribution in [2.75, 3.05) is 46.5 Å². The summed E-state index contributed by atoms with van der Waals surface area (Å²) in [5.74, 6) is 6.49. The molecule has 1 N–H and O–H groups in total. The Morgan fingerprint density at radius 3 is 2.70 bits per heavy atom. The number of aryl methyl sites for hydroxylation is 1. The maximum atomic E-state index is 12.2. The van der Waals surface area contributed by atoms with Gasteiger partial charge in [-0.2, -0.15) is 4.72 Å². The maximum Gasteiger partial charge on any atom is 0.241 e. The molecule has 126 valence electrons. The highest BCUT2D eigenvalue weighted by atomic mass is 32.2. The first-order chi connectivity index (χ1) is 11.0. The van der Waals surface area contributed by atoms with Crippen LogP contribution in [-0.2, 0) is 14.8 Å². The first kappa shape index (κ1) is 17.8. The monoisotopic (exact) mass is 338 g/mol. The van der Waals surface area contributed by atoms with Crippen molar-refractivity contribution in [3.63, 3.8) is 0 Å². The van der Waals surface area contributed by atoms with E-state index in [1.807, 2.05) is 0 Å². The van der Waals surface area contributed by atoms with Gasteiger partial charge in [-0.05, 0) is 30.7 Å². The lowest BCUT2D eigenvalue weighted by Gasteiger charge is -2.24. The van der Waals surface area contributed by atoms with Crippen molar-refractivity contribution in [3.8, 4) is 17.6 Å². The van der Waals surface area contributed by atoms with Gasteiger partial charge in [0.15, 0.2) is 0 Å². The predicted octanol–water partition coefficient (Wildman–Crippen LogP) is 0.618. The Morgan fingerprint density at radius 2 is 2.04 bits per heavy atom. The number of ether oxygens (including phenoxy) is 2. The molecule has 6 nitrogen and oxygen atoms in total. The molecule has 0 bridgehead atoms. The van der Waals surface area contributed by atoms with E-state index in [1.165, 1.54) is 6.07 Å². The van der Waals surface area contributed by atoms with E-state index >= 15 is 0 Å². The van der Waals surface area contributed by atoms with E-state index in [1.54, 1.807) is 26.2 Å². The van der Waals surface area contributed by atoms with Crippen molar-refractivity contribution in [2.24, 2.45) is 0 Å². The molecule has 0 amide bonds. The molecule has 23 heavy (non-hydrogen) atoms. The standard InChI is InChI=1S/C16H22N2O4S/c1-14-13-15(5-6-16(14)21-2)23(19,20)17-7-3-4-8-18-9-11-22-12-10-18/h5-6,13,17H,7-12H2,1-2H3. The summed E-state index contributed by atoms with van der Waals surface area (Å²) in [7, 11) is -2.00. The molecule has 0 unspecified atom stereocenters. The average Bonchev–Trinajstić information content (AvgIpc) is 2.55. The maximum absolute atomic E-state index is 12.2. The summed E-state index contributed by atoms with van der Waals surface area (Å²) in [5.41, 5.74) is 0.772. The van der Waals surface area contributed by atoms with E-state index < -0.39 is 10.0 Å². The Hall–Kier alpha value is -1.59. The SMILES string of the molecule is COc1ccc(S(=O)(=O)NCC#CCN2CCOCC2)cc1C. The summed E-state index contributed by atoms with van der Waals surface area (Å²) in [6.07, 6.45) is 0. The van der Waals surface area contributed by atoms with Crippen molar-refractivity contribution in [1.82, 2.24) is 9.62 Å². The van der Waals surface area contributed by atoms with E-state index in [-0.39, 0.29) is 11.4 Å². The van der Waals surface area contributed by atoms with E-state index in [0.717, 1.165) is 31.9 Å². The third-order valence-corrected chi connectivity index (χ3v) is 4.96. The molecular formula is C16H22N2O4S. The molecule has 1 aromatic rings. The highest BCUT2D eigenvalue weighted by molar-refractivity contribution is 7.89. The van der Waals surface area contributed by atoms with Gasteiger partial charge in [0.25, 0.3) is 0 Å². The lowest BCUT2D eigenvalue weighted by atomic mass is 10.2. The fourth-order valence-electron chi connectivity index (χ4n) is 2.22. The summed E-state index contributed by atoms with van der Waals surface area (Å²) in [4.78, 5) is 2.39. The van der Waals surface area contributed by atoms with Gasteiger partial charge in [-0.15, -0.1) is 0 Å². The highest BCUT2D eigenvalue weighted by Gasteiger charge is 2.14. The van der Waals surface area contributed by atoms with Gasteiger partial charge in [-0.3, -0.25) is 4.90 Å². The fourth-order valence-corrected chi connectivity index (χ4v) is 3.23. The van der Waals surface area contributed by atoms with Crippen LogP contribution in [0.2, 0.25) is 0 Å². The molecule has 1 aliphatic heterocycles.